The molecule has 0 aliphatic carbocycles. The quantitative estimate of drug-likeness (QED) is 0.636. The number of nitrogens with one attached hydrogen (secondary N) is 1. The maximum absolute atomic E-state index is 12.5. The van der Waals surface area contributed by atoms with E-state index in [0.29, 0.717) is 26.2 Å². The minimum absolute atomic E-state index is 0.232. The highest BCUT2D eigenvalue weighted by molar-refractivity contribution is 7.90. The summed E-state index contributed by atoms with van der Waals surface area (Å²) in [7, 11) is -6.75. The van der Waals surface area contributed by atoms with Crippen molar-refractivity contribution in [2.75, 3.05) is 39.8 Å². The number of carbonyl (C=O) groups is 1. The van der Waals surface area contributed by atoms with Crippen molar-refractivity contribution in [1.82, 2.24) is 14.5 Å². The van der Waals surface area contributed by atoms with Gasteiger partial charge in [0.05, 0.1) is 16.3 Å². The molecule has 134 valence electrons. The van der Waals surface area contributed by atoms with Crippen LogP contribution in [0.25, 0.3) is 0 Å². The molecule has 0 radical (unpaired) electrons. The molecule has 0 unspecified atom stereocenters. The van der Waals surface area contributed by atoms with Crippen molar-refractivity contribution >= 4 is 26.0 Å². The Balaban J connectivity index is 2.18. The number of piperazine rings is 1. The van der Waals surface area contributed by atoms with Gasteiger partial charge in [0.2, 0.25) is 26.0 Å². The fourth-order valence-electron chi connectivity index (χ4n) is 2.28. The number of carbonyl (C=O) groups excluding carboxylic acids is 1. The molecule has 1 fully saturated rings. The van der Waals surface area contributed by atoms with Gasteiger partial charge in [0, 0.05) is 33.2 Å². The molecule has 1 aliphatic rings. The van der Waals surface area contributed by atoms with Crippen LogP contribution in [0.5, 0.6) is 0 Å². The minimum atomic E-state index is -4.02. The molecule has 2 rings (SSSR count). The predicted octanol–water partition coefficient (Wildman–Crippen LogP) is -1.61. The molecular weight excluding hydrogens is 356 g/mol. The van der Waals surface area contributed by atoms with Gasteiger partial charge in [-0.2, -0.15) is 4.31 Å². The summed E-state index contributed by atoms with van der Waals surface area (Å²) < 4.78 is 48.7. The van der Waals surface area contributed by atoms with Crippen LogP contribution in [0, 0.1) is 0 Å². The van der Waals surface area contributed by atoms with Gasteiger partial charge in [-0.25, -0.2) is 22.0 Å². The number of sulfonamides is 2. The van der Waals surface area contributed by atoms with Crippen LogP contribution in [0.15, 0.2) is 34.1 Å². The van der Waals surface area contributed by atoms with Crippen molar-refractivity contribution in [3.05, 3.63) is 24.3 Å². The molecule has 1 aliphatic heterocycles. The maximum atomic E-state index is 12.5. The molecule has 0 atom stereocenters. The number of rotatable bonds is 5. The monoisotopic (exact) mass is 376 g/mol. The van der Waals surface area contributed by atoms with E-state index in [1.165, 1.54) is 25.2 Å². The zero-order valence-electron chi connectivity index (χ0n) is 13.2. The Morgan fingerprint density at radius 3 is 2.38 bits per heavy atom. The van der Waals surface area contributed by atoms with Crippen molar-refractivity contribution in [1.29, 1.82) is 0 Å². The third-order valence-electron chi connectivity index (χ3n) is 3.67. The minimum Gasteiger partial charge on any atom is -0.339 e. The van der Waals surface area contributed by atoms with E-state index < -0.39 is 20.0 Å². The van der Waals surface area contributed by atoms with Crippen LogP contribution in [0.4, 0.5) is 0 Å². The summed E-state index contributed by atoms with van der Waals surface area (Å²) in [5.41, 5.74) is 0. The molecule has 11 heteroatoms. The first kappa shape index (κ1) is 18.8. The summed E-state index contributed by atoms with van der Waals surface area (Å²) >= 11 is 0. The average Bonchev–Trinajstić information content (AvgIpc) is 2.55. The fourth-order valence-corrected chi connectivity index (χ4v) is 4.08. The molecule has 9 nitrogen and oxygen atoms in total. The SMILES string of the molecule is CN(CC(=O)N1CCNCC1)S(=O)(=O)c1cccc(S(N)(=O)=O)c1. The van der Waals surface area contributed by atoms with E-state index >= 15 is 0 Å². The Hall–Kier alpha value is -1.53. The molecule has 1 aromatic rings. The van der Waals surface area contributed by atoms with Crippen molar-refractivity contribution in [3.63, 3.8) is 0 Å². The van der Waals surface area contributed by atoms with Crippen LogP contribution in [0.3, 0.4) is 0 Å². The van der Waals surface area contributed by atoms with E-state index in [9.17, 15) is 21.6 Å². The second kappa shape index (κ2) is 7.15. The lowest BCUT2D eigenvalue weighted by molar-refractivity contribution is -0.131. The van der Waals surface area contributed by atoms with Crippen LogP contribution in [-0.2, 0) is 24.8 Å². The third-order valence-corrected chi connectivity index (χ3v) is 6.38. The van der Waals surface area contributed by atoms with Crippen LogP contribution in [-0.4, -0.2) is 71.7 Å². The lowest BCUT2D eigenvalue weighted by Crippen LogP contribution is -2.49. The van der Waals surface area contributed by atoms with Crippen LogP contribution in [0.1, 0.15) is 0 Å². The lowest BCUT2D eigenvalue weighted by atomic mass is 10.3. The summed E-state index contributed by atoms with van der Waals surface area (Å²) in [5.74, 6) is -0.301. The van der Waals surface area contributed by atoms with Crippen molar-refractivity contribution in [2.24, 2.45) is 5.14 Å². The van der Waals surface area contributed by atoms with Gasteiger partial charge >= 0.3 is 0 Å². The molecule has 0 saturated carbocycles. The third kappa shape index (κ3) is 4.30. The van der Waals surface area contributed by atoms with Gasteiger partial charge in [-0.15, -0.1) is 0 Å². The molecule has 1 amide bonds. The summed E-state index contributed by atoms with van der Waals surface area (Å²) in [5, 5.41) is 8.13. The summed E-state index contributed by atoms with van der Waals surface area (Å²) in [6, 6.07) is 4.74. The second-order valence-corrected chi connectivity index (χ2v) is 9.02. The van der Waals surface area contributed by atoms with Crippen LogP contribution in [0.2, 0.25) is 0 Å². The van der Waals surface area contributed by atoms with Crippen LogP contribution >= 0.6 is 0 Å². The van der Waals surface area contributed by atoms with Gasteiger partial charge in [0.1, 0.15) is 0 Å². The number of primary sulfonamides is 1. The number of likely N-dealkylation sites (N-methyl/N-ethyl adjacent to an activating group) is 1. The number of benzene rings is 1. The smallest absolute Gasteiger partial charge is 0.243 e. The molecule has 0 spiro atoms. The summed E-state index contributed by atoms with van der Waals surface area (Å²) in [6.07, 6.45) is 0. The first-order chi connectivity index (χ1) is 11.1. The first-order valence-corrected chi connectivity index (χ1v) is 10.2. The number of nitrogens with zero attached hydrogens (tertiary/aromatic N) is 2. The van der Waals surface area contributed by atoms with Gasteiger partial charge in [-0.1, -0.05) is 6.07 Å². The van der Waals surface area contributed by atoms with E-state index in [2.05, 4.69) is 5.32 Å². The zero-order valence-corrected chi connectivity index (χ0v) is 14.8. The van der Waals surface area contributed by atoms with Crippen molar-refractivity contribution in [3.8, 4) is 0 Å². The molecule has 3 N–H and O–H groups in total. The molecular formula is C13H20N4O5S2. The summed E-state index contributed by atoms with van der Waals surface area (Å²) in [4.78, 5) is 13.2. The molecule has 0 bridgehead atoms. The largest absolute Gasteiger partial charge is 0.339 e. The molecule has 1 heterocycles. The zero-order chi connectivity index (χ0) is 18.0. The molecule has 24 heavy (non-hydrogen) atoms. The van der Waals surface area contributed by atoms with Gasteiger partial charge in [-0.3, -0.25) is 4.79 Å². The van der Waals surface area contributed by atoms with E-state index in [0.717, 1.165) is 10.4 Å². The second-order valence-electron chi connectivity index (χ2n) is 5.41. The summed E-state index contributed by atoms with van der Waals surface area (Å²) in [6.45, 7) is 2.06. The molecule has 1 aromatic carbocycles. The highest BCUT2D eigenvalue weighted by Gasteiger charge is 2.26. The van der Waals surface area contributed by atoms with Gasteiger partial charge in [0.25, 0.3) is 0 Å². The standard InChI is InChI=1S/C13H20N4O5S2/c1-16(10-13(18)17-7-5-15-6-8-17)24(21,22)12-4-2-3-11(9-12)23(14,19)20/h2-4,9,15H,5-8,10H2,1H3,(H2,14,19,20). The predicted molar refractivity (Wildman–Crippen MR) is 87.1 cm³/mol. The molecule has 0 aromatic heterocycles. The fraction of sp³-hybridized carbons (Fsp3) is 0.462. The lowest BCUT2D eigenvalue weighted by Gasteiger charge is -2.29. The van der Waals surface area contributed by atoms with E-state index in [1.54, 1.807) is 4.90 Å². The number of hydrogen-bond donors (Lipinski definition) is 2. The highest BCUT2D eigenvalue weighted by atomic mass is 32.2. The van der Waals surface area contributed by atoms with E-state index in [4.69, 9.17) is 5.14 Å². The number of nitrogens with two attached hydrogens (primary N) is 1. The number of amides is 1. The Labute approximate surface area is 141 Å². The Morgan fingerprint density at radius 2 is 1.79 bits per heavy atom. The number of hydrogen-bond acceptors (Lipinski definition) is 6. The molecule has 1 saturated heterocycles. The van der Waals surface area contributed by atoms with Crippen molar-refractivity contribution < 1.29 is 21.6 Å². The Kier molecular flexibility index (Phi) is 5.60. The van der Waals surface area contributed by atoms with Gasteiger partial charge in [0.15, 0.2) is 0 Å². The Bertz CT molecular complexity index is 817. The highest BCUT2D eigenvalue weighted by Crippen LogP contribution is 2.18. The van der Waals surface area contributed by atoms with Gasteiger partial charge in [-0.05, 0) is 18.2 Å². The first-order valence-electron chi connectivity index (χ1n) is 7.20. The average molecular weight is 376 g/mol. The maximum Gasteiger partial charge on any atom is 0.243 e. The van der Waals surface area contributed by atoms with Gasteiger partial charge < -0.3 is 10.2 Å². The van der Waals surface area contributed by atoms with Crippen molar-refractivity contribution in [2.45, 2.75) is 9.79 Å². The normalized spacial score (nSPS) is 16.4. The topological polar surface area (TPSA) is 130 Å². The van der Waals surface area contributed by atoms with Crippen LogP contribution < -0.4 is 10.5 Å². The van der Waals surface area contributed by atoms with E-state index in [1.807, 2.05) is 0 Å². The Morgan fingerprint density at radius 1 is 1.21 bits per heavy atom. The van der Waals surface area contributed by atoms with E-state index in [-0.39, 0.29) is 22.2 Å².